The van der Waals surface area contributed by atoms with E-state index in [9.17, 15) is 13.8 Å². The van der Waals surface area contributed by atoms with Gasteiger partial charge in [0.2, 0.25) is 7.44 Å². The van der Waals surface area contributed by atoms with Crippen molar-refractivity contribution in [2.75, 3.05) is 18.7 Å². The topological polar surface area (TPSA) is 146 Å². The van der Waals surface area contributed by atoms with Crippen molar-refractivity contribution in [3.05, 3.63) is 48.3 Å². The molecule has 0 aliphatic carbocycles. The summed E-state index contributed by atoms with van der Waals surface area (Å²) < 4.78 is 41.0. The lowest BCUT2D eigenvalue weighted by Gasteiger charge is -2.33. The van der Waals surface area contributed by atoms with Gasteiger partial charge in [0.15, 0.2) is 11.5 Å². The van der Waals surface area contributed by atoms with E-state index in [1.807, 2.05) is 13.8 Å². The standard InChI is InChI=1S/C24H35FN7O4P/c1-6-10-35-23(33)24(4,5)31-37(34,30-17(3)18-8-7-9-19(25)11-18)15-36-16(2)12-32-14-29-20-21(26)27-13-28-22(20)32/h7-9,11,13-14,16-17H,6,10,12,15H2,1-5H3,(H2,26,27,28)(H2,30,31,34)/t16-,17-,37?/m0/s1. The second-order valence-corrected chi connectivity index (χ2v) is 11.7. The van der Waals surface area contributed by atoms with Gasteiger partial charge in [0.25, 0.3) is 0 Å². The number of benzene rings is 1. The number of hydrogen-bond acceptors (Lipinski definition) is 8. The molecule has 1 unspecified atom stereocenters. The predicted molar refractivity (Wildman–Crippen MR) is 139 cm³/mol. The Morgan fingerprint density at radius 1 is 1.27 bits per heavy atom. The molecule has 3 atom stereocenters. The van der Waals surface area contributed by atoms with E-state index in [1.165, 1.54) is 18.5 Å². The summed E-state index contributed by atoms with van der Waals surface area (Å²) in [6.07, 6.45) is 2.95. The first-order valence-electron chi connectivity index (χ1n) is 12.1. The van der Waals surface area contributed by atoms with Gasteiger partial charge in [-0.1, -0.05) is 19.1 Å². The summed E-state index contributed by atoms with van der Waals surface area (Å²) in [6.45, 7) is 9.26. The number of halogens is 1. The highest BCUT2D eigenvalue weighted by molar-refractivity contribution is 7.59. The van der Waals surface area contributed by atoms with Gasteiger partial charge in [0.1, 0.15) is 29.5 Å². The number of hydrogen-bond donors (Lipinski definition) is 3. The molecule has 0 saturated heterocycles. The molecule has 13 heteroatoms. The molecule has 2 aromatic heterocycles. The SMILES string of the molecule is CCCOC(=O)C(C)(C)NP(=O)(CO[C@@H](C)Cn1cnc2c(N)ncnc21)N[C@@H](C)c1cccc(F)c1. The number of aromatic nitrogens is 4. The molecule has 0 spiro atoms. The first kappa shape index (κ1) is 28.6. The summed E-state index contributed by atoms with van der Waals surface area (Å²) in [5, 5.41) is 5.98. The largest absolute Gasteiger partial charge is 0.464 e. The third-order valence-electron chi connectivity index (χ3n) is 5.58. The van der Waals surface area contributed by atoms with Gasteiger partial charge in [-0.05, 0) is 51.8 Å². The number of imidazole rings is 1. The van der Waals surface area contributed by atoms with Gasteiger partial charge in [-0.3, -0.25) is 9.36 Å². The molecule has 0 radical (unpaired) electrons. The van der Waals surface area contributed by atoms with E-state index in [0.29, 0.717) is 29.7 Å². The van der Waals surface area contributed by atoms with Crippen molar-refractivity contribution in [2.45, 2.75) is 65.3 Å². The minimum atomic E-state index is -3.58. The Hall–Kier alpha value is -2.92. The minimum absolute atomic E-state index is 0.248. The summed E-state index contributed by atoms with van der Waals surface area (Å²) in [5.41, 5.74) is 6.23. The Morgan fingerprint density at radius 3 is 2.73 bits per heavy atom. The Kier molecular flexibility index (Phi) is 9.36. The van der Waals surface area contributed by atoms with Crippen LogP contribution in [0.2, 0.25) is 0 Å². The highest BCUT2D eigenvalue weighted by Gasteiger charge is 2.38. The maximum Gasteiger partial charge on any atom is 0.326 e. The summed E-state index contributed by atoms with van der Waals surface area (Å²) in [5.74, 6) is -0.664. The minimum Gasteiger partial charge on any atom is -0.464 e. The van der Waals surface area contributed by atoms with Crippen LogP contribution in [0.4, 0.5) is 10.2 Å². The van der Waals surface area contributed by atoms with Crippen molar-refractivity contribution in [3.63, 3.8) is 0 Å². The lowest BCUT2D eigenvalue weighted by Crippen LogP contribution is -2.49. The summed E-state index contributed by atoms with van der Waals surface area (Å²) in [6, 6.07) is 5.51. The normalized spacial score (nSPS) is 15.3. The van der Waals surface area contributed by atoms with Gasteiger partial charge in [-0.15, -0.1) is 0 Å². The second-order valence-electron chi connectivity index (χ2n) is 9.45. The maximum absolute atomic E-state index is 14.1. The average Bonchev–Trinajstić information content (AvgIpc) is 3.24. The molecule has 0 amide bonds. The fraction of sp³-hybridized carbons (Fsp3) is 0.500. The zero-order valence-corrected chi connectivity index (χ0v) is 22.7. The first-order valence-corrected chi connectivity index (χ1v) is 13.9. The zero-order chi connectivity index (χ0) is 27.2. The number of rotatable bonds is 13. The van der Waals surface area contributed by atoms with Crippen molar-refractivity contribution in [2.24, 2.45) is 0 Å². The lowest BCUT2D eigenvalue weighted by molar-refractivity contribution is -0.149. The van der Waals surface area contributed by atoms with Crippen LogP contribution in [0.3, 0.4) is 0 Å². The first-order chi connectivity index (χ1) is 17.4. The van der Waals surface area contributed by atoms with E-state index in [4.69, 9.17) is 15.2 Å². The van der Waals surface area contributed by atoms with Crippen molar-refractivity contribution in [1.29, 1.82) is 0 Å². The molecule has 0 saturated carbocycles. The number of ether oxygens (including phenoxy) is 2. The zero-order valence-electron chi connectivity index (χ0n) is 21.8. The van der Waals surface area contributed by atoms with Crippen LogP contribution >= 0.6 is 7.44 Å². The molecule has 3 rings (SSSR count). The number of carbonyl (C=O) groups excluding carboxylic acids is 1. The molecule has 37 heavy (non-hydrogen) atoms. The van der Waals surface area contributed by atoms with Gasteiger partial charge in [-0.25, -0.2) is 29.5 Å². The molecule has 4 N–H and O–H groups in total. The smallest absolute Gasteiger partial charge is 0.326 e. The quantitative estimate of drug-likeness (QED) is 0.218. The summed E-state index contributed by atoms with van der Waals surface area (Å²) in [7, 11) is -3.58. The van der Waals surface area contributed by atoms with Crippen LogP contribution in [-0.2, 0) is 25.4 Å². The number of esters is 1. The van der Waals surface area contributed by atoms with Gasteiger partial charge in [-0.2, -0.15) is 0 Å². The number of anilines is 1. The van der Waals surface area contributed by atoms with Gasteiger partial charge < -0.3 is 19.8 Å². The fourth-order valence-electron chi connectivity index (χ4n) is 3.73. The summed E-state index contributed by atoms with van der Waals surface area (Å²) in [4.78, 5) is 25.1. The average molecular weight is 536 g/mol. The highest BCUT2D eigenvalue weighted by atomic mass is 31.2. The van der Waals surface area contributed by atoms with Crippen LogP contribution in [0.5, 0.6) is 0 Å². The van der Waals surface area contributed by atoms with Crippen molar-refractivity contribution < 1.29 is 23.2 Å². The number of nitrogens with one attached hydrogen (secondary N) is 2. The van der Waals surface area contributed by atoms with Crippen LogP contribution < -0.4 is 15.9 Å². The number of nitrogens with two attached hydrogens (primary N) is 1. The molecule has 3 aromatic rings. The van der Waals surface area contributed by atoms with Gasteiger partial charge in [0, 0.05) is 6.04 Å². The molecular formula is C24H35FN7O4P. The van der Waals surface area contributed by atoms with Crippen LogP contribution in [0.1, 0.15) is 52.6 Å². The van der Waals surface area contributed by atoms with Crippen LogP contribution in [-0.4, -0.2) is 50.1 Å². The van der Waals surface area contributed by atoms with Crippen LogP contribution in [0.25, 0.3) is 11.2 Å². The Balaban J connectivity index is 1.76. The van der Waals surface area contributed by atoms with Gasteiger partial charge >= 0.3 is 5.97 Å². The molecule has 0 aliphatic heterocycles. The molecule has 0 bridgehead atoms. The third kappa shape index (κ3) is 7.54. The Labute approximate surface area is 215 Å². The summed E-state index contributed by atoms with van der Waals surface area (Å²) >= 11 is 0. The van der Waals surface area contributed by atoms with Crippen LogP contribution in [0, 0.1) is 5.82 Å². The molecule has 0 aliphatic rings. The van der Waals surface area contributed by atoms with Crippen molar-refractivity contribution in [1.82, 2.24) is 29.7 Å². The van der Waals surface area contributed by atoms with E-state index < -0.39 is 36.9 Å². The lowest BCUT2D eigenvalue weighted by atomic mass is 10.1. The molecule has 11 nitrogen and oxygen atoms in total. The van der Waals surface area contributed by atoms with E-state index in [0.717, 1.165) is 0 Å². The number of carbonyl (C=O) groups is 1. The second kappa shape index (κ2) is 12.1. The van der Waals surface area contributed by atoms with Gasteiger partial charge in [0.05, 0.1) is 25.6 Å². The van der Waals surface area contributed by atoms with Crippen LogP contribution in [0.15, 0.2) is 36.9 Å². The van der Waals surface area contributed by atoms with E-state index in [2.05, 4.69) is 25.1 Å². The molecular weight excluding hydrogens is 500 g/mol. The number of nitrogen functional groups attached to an aromatic ring is 1. The van der Waals surface area contributed by atoms with E-state index >= 15 is 0 Å². The number of nitrogens with zero attached hydrogens (tertiary/aromatic N) is 4. The Morgan fingerprint density at radius 2 is 2.03 bits per heavy atom. The van der Waals surface area contributed by atoms with E-state index in [1.54, 1.807) is 43.8 Å². The fourth-order valence-corrected chi connectivity index (χ4v) is 6.17. The molecule has 202 valence electrons. The molecule has 1 aromatic carbocycles. The highest BCUT2D eigenvalue weighted by Crippen LogP contribution is 2.42. The molecule has 2 heterocycles. The number of fused-ring (bicyclic) bond motifs is 1. The Bertz CT molecular complexity index is 1270. The predicted octanol–water partition coefficient (Wildman–Crippen LogP) is 3.78. The van der Waals surface area contributed by atoms with Crippen molar-refractivity contribution >= 4 is 30.4 Å². The van der Waals surface area contributed by atoms with Crippen molar-refractivity contribution in [3.8, 4) is 0 Å². The third-order valence-corrected chi connectivity index (χ3v) is 7.82. The maximum atomic E-state index is 14.1. The molecule has 0 fully saturated rings. The van der Waals surface area contributed by atoms with E-state index in [-0.39, 0.29) is 18.8 Å². The monoisotopic (exact) mass is 535 g/mol.